The SMILES string of the molecule is CCCN1C(=O)NC(c2ccc(NC(=O)c3ccc(Cl)cc3)cc2)C(C(=O)OCC(C)C)=C1C. The van der Waals surface area contributed by atoms with Crippen LogP contribution in [0.15, 0.2) is 59.8 Å². The van der Waals surface area contributed by atoms with Gasteiger partial charge in [-0.05, 0) is 61.2 Å². The van der Waals surface area contributed by atoms with E-state index >= 15 is 0 Å². The molecule has 2 aromatic carbocycles. The molecule has 3 rings (SSSR count). The smallest absolute Gasteiger partial charge is 0.338 e. The highest BCUT2D eigenvalue weighted by molar-refractivity contribution is 6.30. The Labute approximate surface area is 205 Å². The van der Waals surface area contributed by atoms with E-state index in [1.54, 1.807) is 60.4 Å². The lowest BCUT2D eigenvalue weighted by molar-refractivity contribution is -0.140. The summed E-state index contributed by atoms with van der Waals surface area (Å²) < 4.78 is 5.52. The van der Waals surface area contributed by atoms with Crippen LogP contribution in [-0.4, -0.2) is 36.0 Å². The summed E-state index contributed by atoms with van der Waals surface area (Å²) in [5, 5.41) is 6.33. The standard InChI is InChI=1S/C26H30ClN3O4/c1-5-14-30-17(4)22(25(32)34-15-16(2)3)23(29-26(30)33)18-8-12-21(13-9-18)28-24(31)19-6-10-20(27)11-7-19/h6-13,16,23H,5,14-15H2,1-4H3,(H,28,31)(H,29,33). The van der Waals surface area contributed by atoms with Crippen LogP contribution in [0.4, 0.5) is 10.5 Å². The van der Waals surface area contributed by atoms with Gasteiger partial charge in [-0.1, -0.05) is 44.5 Å². The number of urea groups is 1. The molecule has 0 saturated heterocycles. The molecule has 8 heteroatoms. The van der Waals surface area contributed by atoms with E-state index in [0.717, 1.165) is 6.42 Å². The predicted octanol–water partition coefficient (Wildman–Crippen LogP) is 5.54. The van der Waals surface area contributed by atoms with Gasteiger partial charge in [0.05, 0.1) is 18.2 Å². The van der Waals surface area contributed by atoms with Gasteiger partial charge in [-0.15, -0.1) is 0 Å². The summed E-state index contributed by atoms with van der Waals surface area (Å²) in [5.74, 6) is -0.520. The molecule has 1 heterocycles. The first-order chi connectivity index (χ1) is 16.2. The molecule has 2 N–H and O–H groups in total. The number of carbonyl (C=O) groups excluding carboxylic acids is 3. The van der Waals surface area contributed by atoms with E-state index < -0.39 is 12.0 Å². The molecular weight excluding hydrogens is 454 g/mol. The third kappa shape index (κ3) is 5.97. The zero-order valence-corrected chi connectivity index (χ0v) is 20.6. The van der Waals surface area contributed by atoms with Gasteiger partial charge in [0.25, 0.3) is 5.91 Å². The molecule has 0 bridgehead atoms. The first-order valence-corrected chi connectivity index (χ1v) is 11.7. The van der Waals surface area contributed by atoms with Crippen LogP contribution in [0, 0.1) is 5.92 Å². The van der Waals surface area contributed by atoms with Crippen molar-refractivity contribution in [2.75, 3.05) is 18.5 Å². The van der Waals surface area contributed by atoms with Crippen molar-refractivity contribution in [3.8, 4) is 0 Å². The number of benzene rings is 2. The number of nitrogens with one attached hydrogen (secondary N) is 2. The summed E-state index contributed by atoms with van der Waals surface area (Å²) in [6, 6.07) is 12.7. The van der Waals surface area contributed by atoms with Crippen molar-refractivity contribution < 1.29 is 19.1 Å². The second kappa shape index (κ2) is 11.2. The molecule has 0 saturated carbocycles. The van der Waals surface area contributed by atoms with Gasteiger partial charge in [0, 0.05) is 28.5 Å². The third-order valence-corrected chi connectivity index (χ3v) is 5.67. The highest BCUT2D eigenvalue weighted by Gasteiger charge is 2.36. The lowest BCUT2D eigenvalue weighted by Gasteiger charge is -2.35. The van der Waals surface area contributed by atoms with E-state index in [1.807, 2.05) is 20.8 Å². The molecule has 0 fully saturated rings. The fourth-order valence-corrected chi connectivity index (χ4v) is 3.80. The summed E-state index contributed by atoms with van der Waals surface area (Å²) in [6.07, 6.45) is 0.756. The summed E-state index contributed by atoms with van der Waals surface area (Å²) in [7, 11) is 0. The van der Waals surface area contributed by atoms with Crippen molar-refractivity contribution in [1.82, 2.24) is 10.2 Å². The van der Waals surface area contributed by atoms with Gasteiger partial charge in [-0.25, -0.2) is 9.59 Å². The molecule has 180 valence electrons. The summed E-state index contributed by atoms with van der Waals surface area (Å²) >= 11 is 5.88. The second-order valence-corrected chi connectivity index (χ2v) is 9.04. The topological polar surface area (TPSA) is 87.7 Å². The van der Waals surface area contributed by atoms with Crippen LogP contribution in [-0.2, 0) is 9.53 Å². The Kier molecular flexibility index (Phi) is 8.34. The van der Waals surface area contributed by atoms with Crippen LogP contribution in [0.5, 0.6) is 0 Å². The Balaban J connectivity index is 1.85. The number of carbonyl (C=O) groups is 3. The number of esters is 1. The van der Waals surface area contributed by atoms with Crippen molar-refractivity contribution in [2.24, 2.45) is 5.92 Å². The average Bonchev–Trinajstić information content (AvgIpc) is 2.80. The number of halogens is 1. The Hall–Kier alpha value is -3.32. The molecule has 7 nitrogen and oxygen atoms in total. The van der Waals surface area contributed by atoms with E-state index in [9.17, 15) is 14.4 Å². The molecule has 1 aliphatic heterocycles. The zero-order valence-electron chi connectivity index (χ0n) is 19.9. The van der Waals surface area contributed by atoms with E-state index in [2.05, 4.69) is 10.6 Å². The normalized spacial score (nSPS) is 15.9. The maximum atomic E-state index is 13.0. The highest BCUT2D eigenvalue weighted by atomic mass is 35.5. The van der Waals surface area contributed by atoms with Crippen molar-refractivity contribution in [3.63, 3.8) is 0 Å². The van der Waals surface area contributed by atoms with Gasteiger partial charge in [-0.3, -0.25) is 9.69 Å². The van der Waals surface area contributed by atoms with Gasteiger partial charge < -0.3 is 15.4 Å². The van der Waals surface area contributed by atoms with E-state index in [4.69, 9.17) is 16.3 Å². The summed E-state index contributed by atoms with van der Waals surface area (Å²) in [6.45, 7) is 8.47. The summed E-state index contributed by atoms with van der Waals surface area (Å²) in [5.41, 5.74) is 2.78. The molecule has 1 unspecified atom stereocenters. The minimum absolute atomic E-state index is 0.191. The third-order valence-electron chi connectivity index (χ3n) is 5.42. The van der Waals surface area contributed by atoms with Crippen molar-refractivity contribution >= 4 is 35.2 Å². The zero-order chi connectivity index (χ0) is 24.8. The fourth-order valence-electron chi connectivity index (χ4n) is 3.67. The predicted molar refractivity (Wildman–Crippen MR) is 133 cm³/mol. The largest absolute Gasteiger partial charge is 0.462 e. The van der Waals surface area contributed by atoms with Gasteiger partial charge in [0.2, 0.25) is 0 Å². The average molecular weight is 484 g/mol. The minimum Gasteiger partial charge on any atom is -0.462 e. The molecular formula is C26H30ClN3O4. The number of hydrogen-bond acceptors (Lipinski definition) is 4. The number of anilines is 1. The van der Waals surface area contributed by atoms with Gasteiger partial charge in [-0.2, -0.15) is 0 Å². The van der Waals surface area contributed by atoms with E-state index in [1.165, 1.54) is 0 Å². The van der Waals surface area contributed by atoms with Gasteiger partial charge in [0.15, 0.2) is 0 Å². The first kappa shape index (κ1) is 25.3. The Morgan fingerprint density at radius 3 is 2.35 bits per heavy atom. The molecule has 0 spiro atoms. The van der Waals surface area contributed by atoms with Crippen LogP contribution >= 0.6 is 11.6 Å². The van der Waals surface area contributed by atoms with Gasteiger partial charge in [0.1, 0.15) is 0 Å². The summed E-state index contributed by atoms with van der Waals surface area (Å²) in [4.78, 5) is 39.8. The first-order valence-electron chi connectivity index (χ1n) is 11.3. The lowest BCUT2D eigenvalue weighted by atomic mass is 9.94. The number of rotatable bonds is 8. The number of ether oxygens (including phenoxy) is 1. The molecule has 0 aromatic heterocycles. The number of amides is 3. The maximum Gasteiger partial charge on any atom is 0.338 e. The highest BCUT2D eigenvalue weighted by Crippen LogP contribution is 2.32. The molecule has 3 amide bonds. The quantitative estimate of drug-likeness (QED) is 0.482. The number of hydrogen-bond donors (Lipinski definition) is 2. The monoisotopic (exact) mass is 483 g/mol. The van der Waals surface area contributed by atoms with E-state index in [-0.39, 0.29) is 17.9 Å². The van der Waals surface area contributed by atoms with Gasteiger partial charge >= 0.3 is 12.0 Å². The molecule has 0 aliphatic carbocycles. The second-order valence-electron chi connectivity index (χ2n) is 8.61. The molecule has 1 atom stereocenters. The molecule has 0 radical (unpaired) electrons. The lowest BCUT2D eigenvalue weighted by Crippen LogP contribution is -2.48. The molecule has 34 heavy (non-hydrogen) atoms. The van der Waals surface area contributed by atoms with Crippen LogP contribution in [0.2, 0.25) is 5.02 Å². The van der Waals surface area contributed by atoms with Crippen molar-refractivity contribution in [3.05, 3.63) is 76.0 Å². The van der Waals surface area contributed by atoms with Crippen molar-refractivity contribution in [2.45, 2.75) is 40.2 Å². The number of nitrogens with zero attached hydrogens (tertiary/aromatic N) is 1. The molecule has 2 aromatic rings. The Morgan fingerprint density at radius 1 is 1.12 bits per heavy atom. The van der Waals surface area contributed by atoms with Crippen molar-refractivity contribution in [1.29, 1.82) is 0 Å². The van der Waals surface area contributed by atoms with Crippen LogP contribution in [0.3, 0.4) is 0 Å². The Bertz CT molecular complexity index is 1080. The van der Waals surface area contributed by atoms with Crippen LogP contribution in [0.1, 0.15) is 56.1 Å². The maximum absolute atomic E-state index is 13.0. The van der Waals surface area contributed by atoms with E-state index in [0.29, 0.717) is 46.3 Å². The minimum atomic E-state index is -0.652. The van der Waals surface area contributed by atoms with Crippen LogP contribution < -0.4 is 10.6 Å². The molecule has 1 aliphatic rings. The fraction of sp³-hybridized carbons (Fsp3) is 0.346. The van der Waals surface area contributed by atoms with Crippen LogP contribution in [0.25, 0.3) is 0 Å². The number of allylic oxidation sites excluding steroid dienone is 1. The Morgan fingerprint density at radius 2 is 1.76 bits per heavy atom.